The molecule has 3 rings (SSSR count). The highest BCUT2D eigenvalue weighted by Gasteiger charge is 2.36. The first-order valence-electron chi connectivity index (χ1n) is 7.34. The maximum absolute atomic E-state index is 12.0. The number of nitrogens with zero attached hydrogens (tertiary/aromatic N) is 3. The number of hydrogen-bond acceptors (Lipinski definition) is 4. The lowest BCUT2D eigenvalue weighted by Gasteiger charge is -2.38. The smallest absolute Gasteiger partial charge is 0.282 e. The maximum atomic E-state index is 12.0. The van der Waals surface area contributed by atoms with Crippen molar-refractivity contribution < 1.29 is 0 Å². The molecule has 2 aliphatic heterocycles. The highest BCUT2D eigenvalue weighted by atomic mass is 79.9. The molecule has 0 radical (unpaired) electrons. The van der Waals surface area contributed by atoms with Gasteiger partial charge in [-0.2, -0.15) is 5.10 Å². The van der Waals surface area contributed by atoms with Gasteiger partial charge < -0.3 is 10.2 Å². The molecule has 3 heterocycles. The molecule has 2 bridgehead atoms. The number of nitrogens with one attached hydrogen (secondary N) is 1. The van der Waals surface area contributed by atoms with Crippen LogP contribution in [0.5, 0.6) is 0 Å². The highest BCUT2D eigenvalue weighted by Crippen LogP contribution is 2.33. The molecule has 2 aliphatic rings. The Morgan fingerprint density at radius 3 is 2.70 bits per heavy atom. The average molecular weight is 341 g/mol. The summed E-state index contributed by atoms with van der Waals surface area (Å²) in [5.74, 6) is 0. The maximum Gasteiger partial charge on any atom is 0.282 e. The standard InChI is InChI=1S/C14H21BrN4O/c1-3-19(11-6-9-4-5-10(7-11)17-9)12-8-16-18(2)14(20)13(12)15/h8-11,17H,3-7H2,1-2H3. The van der Waals surface area contributed by atoms with E-state index in [1.807, 2.05) is 0 Å². The SMILES string of the molecule is CCN(c1cnn(C)c(=O)c1Br)C1CC2CCC(C1)N2. The van der Waals surface area contributed by atoms with E-state index in [0.29, 0.717) is 22.6 Å². The number of rotatable bonds is 3. The Bertz CT molecular complexity index is 547. The van der Waals surface area contributed by atoms with Crippen LogP contribution in [0.2, 0.25) is 0 Å². The normalized spacial score (nSPS) is 28.6. The molecular formula is C14H21BrN4O. The van der Waals surface area contributed by atoms with Gasteiger partial charge in [0.25, 0.3) is 5.56 Å². The van der Waals surface area contributed by atoms with Crippen LogP contribution in [0.4, 0.5) is 5.69 Å². The van der Waals surface area contributed by atoms with Gasteiger partial charge in [0, 0.05) is 31.7 Å². The van der Waals surface area contributed by atoms with Gasteiger partial charge in [-0.05, 0) is 48.5 Å². The number of fused-ring (bicyclic) bond motifs is 2. The topological polar surface area (TPSA) is 50.2 Å². The monoisotopic (exact) mass is 340 g/mol. The first-order valence-corrected chi connectivity index (χ1v) is 8.14. The van der Waals surface area contributed by atoms with Crippen molar-refractivity contribution in [1.29, 1.82) is 0 Å². The van der Waals surface area contributed by atoms with E-state index in [2.05, 4.69) is 38.2 Å². The Morgan fingerprint density at radius 2 is 2.10 bits per heavy atom. The number of aryl methyl sites for hydroxylation is 1. The molecule has 0 aliphatic carbocycles. The van der Waals surface area contributed by atoms with Gasteiger partial charge in [-0.25, -0.2) is 4.68 Å². The number of aromatic nitrogens is 2. The van der Waals surface area contributed by atoms with Gasteiger partial charge in [-0.15, -0.1) is 0 Å². The summed E-state index contributed by atoms with van der Waals surface area (Å²) in [4.78, 5) is 14.4. The molecule has 1 aromatic rings. The zero-order chi connectivity index (χ0) is 14.3. The molecule has 20 heavy (non-hydrogen) atoms. The van der Waals surface area contributed by atoms with Crippen molar-refractivity contribution in [3.63, 3.8) is 0 Å². The summed E-state index contributed by atoms with van der Waals surface area (Å²) in [6, 6.07) is 1.79. The Kier molecular flexibility index (Phi) is 3.86. The van der Waals surface area contributed by atoms with Crippen molar-refractivity contribution in [2.75, 3.05) is 11.4 Å². The van der Waals surface area contributed by atoms with Crippen molar-refractivity contribution in [2.45, 2.75) is 50.7 Å². The third kappa shape index (κ3) is 2.39. The number of halogens is 1. The van der Waals surface area contributed by atoms with Crippen LogP contribution in [-0.2, 0) is 7.05 Å². The second-order valence-electron chi connectivity index (χ2n) is 5.82. The molecule has 6 heteroatoms. The van der Waals surface area contributed by atoms with Crippen molar-refractivity contribution in [1.82, 2.24) is 15.1 Å². The summed E-state index contributed by atoms with van der Waals surface area (Å²) in [6.07, 6.45) is 6.69. The quantitative estimate of drug-likeness (QED) is 0.908. The summed E-state index contributed by atoms with van der Waals surface area (Å²) in [6.45, 7) is 3.05. The highest BCUT2D eigenvalue weighted by molar-refractivity contribution is 9.10. The molecule has 0 aromatic carbocycles. The van der Waals surface area contributed by atoms with Gasteiger partial charge >= 0.3 is 0 Å². The molecule has 1 N–H and O–H groups in total. The van der Waals surface area contributed by atoms with Crippen LogP contribution in [0.1, 0.15) is 32.6 Å². The fourth-order valence-corrected chi connectivity index (χ4v) is 4.20. The third-order valence-corrected chi connectivity index (χ3v) is 5.34. The fraction of sp³-hybridized carbons (Fsp3) is 0.714. The van der Waals surface area contributed by atoms with Gasteiger partial charge in [0.2, 0.25) is 0 Å². The minimum atomic E-state index is -0.0714. The van der Waals surface area contributed by atoms with Gasteiger partial charge in [-0.3, -0.25) is 4.79 Å². The second kappa shape index (κ2) is 5.48. The second-order valence-corrected chi connectivity index (χ2v) is 6.61. The minimum absolute atomic E-state index is 0.0714. The van der Waals surface area contributed by atoms with Crippen LogP contribution in [-0.4, -0.2) is 34.5 Å². The first-order chi connectivity index (χ1) is 9.60. The van der Waals surface area contributed by atoms with Gasteiger partial charge in [0.1, 0.15) is 4.47 Å². The van der Waals surface area contributed by atoms with Crippen LogP contribution in [0.15, 0.2) is 15.5 Å². The van der Waals surface area contributed by atoms with Gasteiger partial charge in [0.15, 0.2) is 0 Å². The molecule has 2 unspecified atom stereocenters. The lowest BCUT2D eigenvalue weighted by Crippen LogP contribution is -2.48. The number of piperidine rings is 1. The van der Waals surface area contributed by atoms with Crippen LogP contribution in [0.3, 0.4) is 0 Å². The van der Waals surface area contributed by atoms with Crippen molar-refractivity contribution in [3.05, 3.63) is 21.0 Å². The predicted octanol–water partition coefficient (Wildman–Crippen LogP) is 1.65. The molecule has 5 nitrogen and oxygen atoms in total. The lowest BCUT2D eigenvalue weighted by atomic mass is 9.98. The van der Waals surface area contributed by atoms with Crippen molar-refractivity contribution in [3.8, 4) is 0 Å². The van der Waals surface area contributed by atoms with E-state index < -0.39 is 0 Å². The van der Waals surface area contributed by atoms with Crippen LogP contribution < -0.4 is 15.8 Å². The van der Waals surface area contributed by atoms with Crippen LogP contribution in [0.25, 0.3) is 0 Å². The molecular weight excluding hydrogens is 320 g/mol. The van der Waals surface area contributed by atoms with Crippen LogP contribution >= 0.6 is 15.9 Å². The first kappa shape index (κ1) is 14.1. The van der Waals surface area contributed by atoms with Gasteiger partial charge in [0.05, 0.1) is 11.9 Å². The molecule has 2 fully saturated rings. The molecule has 0 spiro atoms. The number of anilines is 1. The summed E-state index contributed by atoms with van der Waals surface area (Å²) in [5, 5.41) is 7.84. The van der Waals surface area contributed by atoms with E-state index in [1.165, 1.54) is 17.5 Å². The summed E-state index contributed by atoms with van der Waals surface area (Å²) < 4.78 is 2.00. The molecule has 0 saturated carbocycles. The fourth-order valence-electron chi connectivity index (χ4n) is 3.61. The van der Waals surface area contributed by atoms with Crippen molar-refractivity contribution >= 4 is 21.6 Å². The van der Waals surface area contributed by atoms with E-state index >= 15 is 0 Å². The molecule has 2 saturated heterocycles. The zero-order valence-corrected chi connectivity index (χ0v) is 13.6. The molecule has 110 valence electrons. The average Bonchev–Trinajstić information content (AvgIpc) is 2.78. The van der Waals surface area contributed by atoms with Crippen molar-refractivity contribution in [2.24, 2.45) is 7.05 Å². The summed E-state index contributed by atoms with van der Waals surface area (Å²) in [7, 11) is 1.68. The van der Waals surface area contributed by atoms with Crippen LogP contribution in [0, 0.1) is 0 Å². The Labute approximate surface area is 127 Å². The lowest BCUT2D eigenvalue weighted by molar-refractivity contribution is 0.348. The van der Waals surface area contributed by atoms with E-state index in [1.54, 1.807) is 13.2 Å². The Balaban J connectivity index is 1.90. The summed E-state index contributed by atoms with van der Waals surface area (Å²) in [5.41, 5.74) is 0.861. The Morgan fingerprint density at radius 1 is 1.45 bits per heavy atom. The zero-order valence-electron chi connectivity index (χ0n) is 12.0. The Hall–Kier alpha value is -0.880. The summed E-state index contributed by atoms with van der Waals surface area (Å²) >= 11 is 3.45. The van der Waals surface area contributed by atoms with E-state index in [0.717, 1.165) is 25.1 Å². The minimum Gasteiger partial charge on any atom is -0.366 e. The third-order valence-electron chi connectivity index (χ3n) is 4.60. The molecule has 2 atom stereocenters. The number of hydrogen-bond donors (Lipinski definition) is 1. The molecule has 1 aromatic heterocycles. The largest absolute Gasteiger partial charge is 0.366 e. The van der Waals surface area contributed by atoms with E-state index in [-0.39, 0.29) is 5.56 Å². The predicted molar refractivity (Wildman–Crippen MR) is 83.2 cm³/mol. The van der Waals surface area contributed by atoms with Gasteiger partial charge in [-0.1, -0.05) is 0 Å². The molecule has 0 amide bonds. The van der Waals surface area contributed by atoms with E-state index in [4.69, 9.17) is 0 Å². The van der Waals surface area contributed by atoms with E-state index in [9.17, 15) is 4.79 Å².